The van der Waals surface area contributed by atoms with Crippen molar-refractivity contribution in [2.75, 3.05) is 26.7 Å². The molecule has 1 aliphatic heterocycles. The summed E-state index contributed by atoms with van der Waals surface area (Å²) in [4.78, 5) is 2.76. The van der Waals surface area contributed by atoms with Crippen LogP contribution < -0.4 is 5.32 Å². The van der Waals surface area contributed by atoms with Crippen LogP contribution in [0.2, 0.25) is 0 Å². The van der Waals surface area contributed by atoms with E-state index in [4.69, 9.17) is 0 Å². The standard InChI is InChI=1S/C15H32N2/c1-5-10-15(3,12-16-4)13-17-11-8-7-9-14(17)6-2/h14,16H,5-13H2,1-4H3. The van der Waals surface area contributed by atoms with Crippen LogP contribution in [0.15, 0.2) is 0 Å². The molecule has 102 valence electrons. The van der Waals surface area contributed by atoms with Gasteiger partial charge in [-0.15, -0.1) is 0 Å². The summed E-state index contributed by atoms with van der Waals surface area (Å²) >= 11 is 0. The lowest BCUT2D eigenvalue weighted by atomic mass is 9.83. The van der Waals surface area contributed by atoms with Crippen LogP contribution in [0.25, 0.3) is 0 Å². The maximum absolute atomic E-state index is 3.39. The van der Waals surface area contributed by atoms with Crippen LogP contribution in [0.1, 0.15) is 59.3 Å². The minimum absolute atomic E-state index is 0.453. The molecule has 0 amide bonds. The van der Waals surface area contributed by atoms with Gasteiger partial charge in [0, 0.05) is 19.1 Å². The van der Waals surface area contributed by atoms with E-state index in [1.54, 1.807) is 0 Å². The Morgan fingerprint density at radius 2 is 2.06 bits per heavy atom. The van der Waals surface area contributed by atoms with Crippen LogP contribution in [0, 0.1) is 5.41 Å². The predicted molar refractivity (Wildman–Crippen MR) is 76.4 cm³/mol. The van der Waals surface area contributed by atoms with Crippen LogP contribution in [0.5, 0.6) is 0 Å². The zero-order valence-electron chi connectivity index (χ0n) is 12.4. The summed E-state index contributed by atoms with van der Waals surface area (Å²) in [5.74, 6) is 0. The maximum Gasteiger partial charge on any atom is 0.00928 e. The van der Waals surface area contributed by atoms with E-state index in [1.807, 2.05) is 0 Å². The van der Waals surface area contributed by atoms with Crippen LogP contribution in [-0.2, 0) is 0 Å². The van der Waals surface area contributed by atoms with Gasteiger partial charge in [-0.1, -0.05) is 33.6 Å². The lowest BCUT2D eigenvalue weighted by Gasteiger charge is -2.42. The Labute approximate surface area is 108 Å². The topological polar surface area (TPSA) is 15.3 Å². The van der Waals surface area contributed by atoms with Crippen molar-refractivity contribution in [3.05, 3.63) is 0 Å². The molecular weight excluding hydrogens is 208 g/mol. The first-order chi connectivity index (χ1) is 8.15. The highest BCUT2D eigenvalue weighted by molar-refractivity contribution is 4.85. The molecule has 0 radical (unpaired) electrons. The summed E-state index contributed by atoms with van der Waals surface area (Å²) in [6.07, 6.45) is 8.20. The Morgan fingerprint density at radius 1 is 1.29 bits per heavy atom. The number of rotatable bonds is 7. The molecule has 2 atom stereocenters. The molecule has 1 aliphatic rings. The van der Waals surface area contributed by atoms with Gasteiger partial charge in [-0.25, -0.2) is 0 Å². The molecule has 0 bridgehead atoms. The third-order valence-corrected chi connectivity index (χ3v) is 4.26. The van der Waals surface area contributed by atoms with Crippen molar-refractivity contribution in [2.24, 2.45) is 5.41 Å². The van der Waals surface area contributed by atoms with Gasteiger partial charge in [0.15, 0.2) is 0 Å². The number of likely N-dealkylation sites (tertiary alicyclic amines) is 1. The lowest BCUT2D eigenvalue weighted by Crippen LogP contribution is -2.47. The Balaban J connectivity index is 2.57. The second kappa shape index (κ2) is 7.38. The van der Waals surface area contributed by atoms with Gasteiger partial charge in [-0.3, -0.25) is 4.90 Å². The first-order valence-electron chi connectivity index (χ1n) is 7.54. The number of piperidine rings is 1. The molecule has 0 saturated carbocycles. The minimum atomic E-state index is 0.453. The fourth-order valence-electron chi connectivity index (χ4n) is 3.47. The van der Waals surface area contributed by atoms with Gasteiger partial charge in [-0.05, 0) is 44.7 Å². The molecule has 0 aromatic rings. The predicted octanol–water partition coefficient (Wildman–Crippen LogP) is 3.28. The van der Waals surface area contributed by atoms with E-state index in [2.05, 4.69) is 38.0 Å². The van der Waals surface area contributed by atoms with E-state index in [-0.39, 0.29) is 0 Å². The summed E-state index contributed by atoms with van der Waals surface area (Å²) in [5.41, 5.74) is 0.453. The van der Waals surface area contributed by atoms with Gasteiger partial charge in [-0.2, -0.15) is 0 Å². The number of hydrogen-bond donors (Lipinski definition) is 1. The molecule has 1 N–H and O–H groups in total. The smallest absolute Gasteiger partial charge is 0.00928 e. The molecule has 1 saturated heterocycles. The summed E-state index contributed by atoms with van der Waals surface area (Å²) in [7, 11) is 2.08. The fraction of sp³-hybridized carbons (Fsp3) is 1.00. The molecule has 0 aliphatic carbocycles. The van der Waals surface area contributed by atoms with Crippen LogP contribution in [-0.4, -0.2) is 37.6 Å². The quantitative estimate of drug-likeness (QED) is 0.735. The van der Waals surface area contributed by atoms with Crippen molar-refractivity contribution >= 4 is 0 Å². The Bertz CT molecular complexity index is 197. The highest BCUT2D eigenvalue weighted by atomic mass is 15.2. The van der Waals surface area contributed by atoms with E-state index in [1.165, 1.54) is 51.6 Å². The van der Waals surface area contributed by atoms with Crippen molar-refractivity contribution in [2.45, 2.75) is 65.3 Å². The first-order valence-corrected chi connectivity index (χ1v) is 7.54. The van der Waals surface area contributed by atoms with Gasteiger partial charge in [0.1, 0.15) is 0 Å². The second-order valence-electron chi connectivity index (χ2n) is 6.12. The van der Waals surface area contributed by atoms with Crippen molar-refractivity contribution in [1.82, 2.24) is 10.2 Å². The van der Waals surface area contributed by atoms with Crippen LogP contribution in [0.3, 0.4) is 0 Å². The number of nitrogens with zero attached hydrogens (tertiary/aromatic N) is 1. The lowest BCUT2D eigenvalue weighted by molar-refractivity contribution is 0.0808. The van der Waals surface area contributed by atoms with Crippen LogP contribution in [0.4, 0.5) is 0 Å². The Morgan fingerprint density at radius 3 is 2.65 bits per heavy atom. The molecule has 2 nitrogen and oxygen atoms in total. The molecular formula is C15H32N2. The van der Waals surface area contributed by atoms with Gasteiger partial charge in [0.2, 0.25) is 0 Å². The first kappa shape index (κ1) is 15.0. The zero-order chi connectivity index (χ0) is 12.7. The van der Waals surface area contributed by atoms with E-state index in [0.717, 1.165) is 12.6 Å². The number of nitrogens with one attached hydrogen (secondary N) is 1. The SMILES string of the molecule is CCCC(C)(CNC)CN1CCCCC1CC. The molecule has 0 aromatic heterocycles. The fourth-order valence-corrected chi connectivity index (χ4v) is 3.47. The van der Waals surface area contributed by atoms with Gasteiger partial charge in [0.05, 0.1) is 0 Å². The molecule has 0 spiro atoms. The van der Waals surface area contributed by atoms with E-state index >= 15 is 0 Å². The average Bonchev–Trinajstić information content (AvgIpc) is 2.30. The maximum atomic E-state index is 3.39. The van der Waals surface area contributed by atoms with Crippen molar-refractivity contribution in [3.63, 3.8) is 0 Å². The molecule has 0 aromatic carbocycles. The summed E-state index contributed by atoms with van der Waals surface area (Å²) < 4.78 is 0. The van der Waals surface area contributed by atoms with Crippen molar-refractivity contribution < 1.29 is 0 Å². The Hall–Kier alpha value is -0.0800. The monoisotopic (exact) mass is 240 g/mol. The van der Waals surface area contributed by atoms with Gasteiger partial charge < -0.3 is 5.32 Å². The average molecular weight is 240 g/mol. The Kier molecular flexibility index (Phi) is 6.50. The molecule has 2 heteroatoms. The zero-order valence-corrected chi connectivity index (χ0v) is 12.4. The van der Waals surface area contributed by atoms with Crippen LogP contribution >= 0.6 is 0 Å². The largest absolute Gasteiger partial charge is 0.319 e. The molecule has 17 heavy (non-hydrogen) atoms. The van der Waals surface area contributed by atoms with Crippen molar-refractivity contribution in [1.29, 1.82) is 0 Å². The van der Waals surface area contributed by atoms with Gasteiger partial charge >= 0.3 is 0 Å². The molecule has 1 rings (SSSR count). The van der Waals surface area contributed by atoms with E-state index in [9.17, 15) is 0 Å². The second-order valence-corrected chi connectivity index (χ2v) is 6.12. The van der Waals surface area contributed by atoms with E-state index < -0.39 is 0 Å². The highest BCUT2D eigenvalue weighted by Crippen LogP contribution is 2.28. The van der Waals surface area contributed by atoms with Gasteiger partial charge in [0.25, 0.3) is 0 Å². The molecule has 1 fully saturated rings. The summed E-state index contributed by atoms with van der Waals surface area (Å²) in [6, 6.07) is 0.844. The summed E-state index contributed by atoms with van der Waals surface area (Å²) in [6.45, 7) is 10.9. The highest BCUT2D eigenvalue weighted by Gasteiger charge is 2.29. The molecule has 1 heterocycles. The normalized spacial score (nSPS) is 25.8. The number of hydrogen-bond acceptors (Lipinski definition) is 2. The minimum Gasteiger partial charge on any atom is -0.319 e. The third kappa shape index (κ3) is 4.59. The van der Waals surface area contributed by atoms with Crippen molar-refractivity contribution in [3.8, 4) is 0 Å². The molecule has 2 unspecified atom stereocenters. The summed E-state index contributed by atoms with van der Waals surface area (Å²) in [5, 5.41) is 3.39. The van der Waals surface area contributed by atoms with E-state index in [0.29, 0.717) is 5.41 Å². The third-order valence-electron chi connectivity index (χ3n) is 4.26.